The van der Waals surface area contributed by atoms with Gasteiger partial charge in [0, 0.05) is 11.5 Å². The van der Waals surface area contributed by atoms with Gasteiger partial charge in [-0.15, -0.1) is 0 Å². The summed E-state index contributed by atoms with van der Waals surface area (Å²) in [5, 5.41) is 40.1. The van der Waals surface area contributed by atoms with E-state index < -0.39 is 40.4 Å². The normalized spacial score (nSPS) is 10.6. The van der Waals surface area contributed by atoms with E-state index in [1.165, 1.54) is 0 Å². The second kappa shape index (κ2) is 6.78. The van der Waals surface area contributed by atoms with E-state index in [2.05, 4.69) is 0 Å². The van der Waals surface area contributed by atoms with Gasteiger partial charge in [0.1, 0.15) is 0 Å². The van der Waals surface area contributed by atoms with Gasteiger partial charge >= 0.3 is 5.69 Å². The van der Waals surface area contributed by atoms with E-state index in [-0.39, 0.29) is 17.9 Å². The molecule has 0 aliphatic heterocycles. The van der Waals surface area contributed by atoms with Crippen LogP contribution in [0.15, 0.2) is 12.1 Å². The van der Waals surface area contributed by atoms with Crippen LogP contribution in [0.4, 0.5) is 11.4 Å². The lowest BCUT2D eigenvalue weighted by atomic mass is 9.98. The minimum atomic E-state index is -0.907. The van der Waals surface area contributed by atoms with Gasteiger partial charge in [-0.3, -0.25) is 20.2 Å². The highest BCUT2D eigenvalue weighted by atomic mass is 16.6. The molecule has 0 aliphatic carbocycles. The maximum absolute atomic E-state index is 11.0. The molecular weight excluding hydrogens is 272 g/mol. The molecule has 0 atom stereocenters. The summed E-state index contributed by atoms with van der Waals surface area (Å²) in [6.07, 6.45) is 0. The number of aliphatic hydroxyl groups excluding tert-OH is 2. The Bertz CT molecular complexity index is 514. The number of nitrogens with zero attached hydrogens (tertiary/aromatic N) is 2. The summed E-state index contributed by atoms with van der Waals surface area (Å²) in [7, 11) is 0. The zero-order valence-electron chi connectivity index (χ0n) is 10.7. The topological polar surface area (TPSA) is 136 Å². The van der Waals surface area contributed by atoms with Crippen molar-refractivity contribution < 1.29 is 24.8 Å². The van der Waals surface area contributed by atoms with E-state index in [1.807, 2.05) is 0 Å². The molecule has 0 unspecified atom stereocenters. The zero-order chi connectivity index (χ0) is 15.3. The molecule has 1 rings (SSSR count). The lowest BCUT2D eigenvalue weighted by Crippen LogP contribution is -2.12. The van der Waals surface area contributed by atoms with Crippen LogP contribution in [-0.4, -0.2) is 39.9 Å². The molecule has 0 fully saturated rings. The van der Waals surface area contributed by atoms with Gasteiger partial charge in [0.25, 0.3) is 5.69 Å². The Morgan fingerprint density at radius 3 is 2.10 bits per heavy atom. The molecule has 0 saturated carbocycles. The average Bonchev–Trinajstić information content (AvgIpc) is 2.40. The minimum Gasteiger partial charge on any atom is -0.487 e. The fourth-order valence-electron chi connectivity index (χ4n) is 1.73. The van der Waals surface area contributed by atoms with Crippen LogP contribution in [0.1, 0.15) is 18.4 Å². The first-order chi connectivity index (χ1) is 9.46. The summed E-state index contributed by atoms with van der Waals surface area (Å²) in [5.74, 6) is -1.04. The minimum absolute atomic E-state index is 0.00551. The third-order valence-electron chi connectivity index (χ3n) is 2.68. The molecule has 0 radical (unpaired) electrons. The van der Waals surface area contributed by atoms with Gasteiger partial charge in [0.2, 0.25) is 0 Å². The van der Waals surface area contributed by atoms with Crippen molar-refractivity contribution in [3.05, 3.63) is 37.9 Å². The van der Waals surface area contributed by atoms with Crippen LogP contribution >= 0.6 is 0 Å². The van der Waals surface area contributed by atoms with Gasteiger partial charge in [-0.25, -0.2) is 0 Å². The molecule has 0 aromatic heterocycles. The van der Waals surface area contributed by atoms with E-state index in [4.69, 9.17) is 14.9 Å². The summed E-state index contributed by atoms with van der Waals surface area (Å²) in [4.78, 5) is 20.3. The summed E-state index contributed by atoms with van der Waals surface area (Å²) in [5.41, 5.74) is -1.07. The first-order valence-corrected chi connectivity index (χ1v) is 5.77. The predicted octanol–water partition coefficient (Wildman–Crippen LogP) is 0.970. The molecular formula is C11H14N2O7. The largest absolute Gasteiger partial charge is 0.487 e. The highest BCUT2D eigenvalue weighted by molar-refractivity contribution is 5.59. The highest BCUT2D eigenvalue weighted by Crippen LogP contribution is 2.37. The summed E-state index contributed by atoms with van der Waals surface area (Å²) < 4.78 is 5.09. The quantitative estimate of drug-likeness (QED) is 0.562. The molecule has 0 heterocycles. The van der Waals surface area contributed by atoms with Crippen molar-refractivity contribution in [2.75, 3.05) is 19.8 Å². The molecule has 0 spiro atoms. The number of nitro benzene ring substituents is 2. The van der Waals surface area contributed by atoms with Crippen molar-refractivity contribution in [3.63, 3.8) is 0 Å². The Kier molecular flexibility index (Phi) is 5.35. The number of rotatable bonds is 7. The van der Waals surface area contributed by atoms with E-state index in [1.54, 1.807) is 6.92 Å². The third kappa shape index (κ3) is 3.19. The van der Waals surface area contributed by atoms with Crippen LogP contribution < -0.4 is 4.74 Å². The lowest BCUT2D eigenvalue weighted by Gasteiger charge is -2.13. The first-order valence-electron chi connectivity index (χ1n) is 5.77. The molecule has 1 aromatic rings. The Morgan fingerprint density at radius 2 is 1.70 bits per heavy atom. The molecule has 1 aromatic carbocycles. The number of aliphatic hydroxyl groups is 2. The van der Waals surface area contributed by atoms with Crippen molar-refractivity contribution in [1.82, 2.24) is 0 Å². The predicted molar refractivity (Wildman–Crippen MR) is 67.8 cm³/mol. The maximum atomic E-state index is 11.0. The first kappa shape index (κ1) is 15.8. The second-order valence-electron chi connectivity index (χ2n) is 3.89. The average molecular weight is 286 g/mol. The summed E-state index contributed by atoms with van der Waals surface area (Å²) >= 11 is 0. The lowest BCUT2D eigenvalue weighted by molar-refractivity contribution is -0.395. The molecule has 9 heteroatoms. The summed E-state index contributed by atoms with van der Waals surface area (Å²) in [6, 6.07) is 1.90. The van der Waals surface area contributed by atoms with Crippen LogP contribution in [0.3, 0.4) is 0 Å². The molecule has 0 aliphatic rings. The van der Waals surface area contributed by atoms with Crippen molar-refractivity contribution in [2.45, 2.75) is 12.8 Å². The van der Waals surface area contributed by atoms with Crippen LogP contribution in [0.2, 0.25) is 0 Å². The van der Waals surface area contributed by atoms with Crippen LogP contribution in [0, 0.1) is 20.2 Å². The standard InChI is InChI=1S/C11H14N2O7/c1-2-20-11-3-8(7(5-14)6-15)9(12(16)17)4-10(11)13(18)19/h3-4,7,14-15H,2,5-6H2,1H3. The zero-order valence-corrected chi connectivity index (χ0v) is 10.7. The monoisotopic (exact) mass is 286 g/mol. The van der Waals surface area contributed by atoms with Crippen molar-refractivity contribution in [3.8, 4) is 5.75 Å². The molecule has 0 saturated heterocycles. The maximum Gasteiger partial charge on any atom is 0.317 e. The number of hydrogen-bond acceptors (Lipinski definition) is 7. The number of ether oxygens (including phenoxy) is 1. The van der Waals surface area contributed by atoms with E-state index in [9.17, 15) is 20.2 Å². The number of nitro groups is 2. The Morgan fingerprint density at radius 1 is 1.15 bits per heavy atom. The van der Waals surface area contributed by atoms with E-state index in [0.29, 0.717) is 0 Å². The Labute approximate surface area is 113 Å². The van der Waals surface area contributed by atoms with Crippen LogP contribution in [0.5, 0.6) is 5.75 Å². The highest BCUT2D eigenvalue weighted by Gasteiger charge is 2.29. The van der Waals surface area contributed by atoms with Crippen molar-refractivity contribution in [2.24, 2.45) is 0 Å². The van der Waals surface area contributed by atoms with E-state index in [0.717, 1.165) is 12.1 Å². The van der Waals surface area contributed by atoms with Gasteiger partial charge in [-0.2, -0.15) is 0 Å². The molecule has 0 amide bonds. The fourth-order valence-corrected chi connectivity index (χ4v) is 1.73. The SMILES string of the molecule is CCOc1cc(C(CO)CO)c([N+](=O)[O-])cc1[N+](=O)[O-]. The van der Waals surface area contributed by atoms with Gasteiger partial charge in [-0.05, 0) is 13.0 Å². The van der Waals surface area contributed by atoms with Crippen molar-refractivity contribution >= 4 is 11.4 Å². The Hall–Kier alpha value is -2.26. The molecule has 0 bridgehead atoms. The van der Waals surface area contributed by atoms with Crippen LogP contribution in [0.25, 0.3) is 0 Å². The van der Waals surface area contributed by atoms with Crippen LogP contribution in [-0.2, 0) is 0 Å². The molecule has 2 N–H and O–H groups in total. The smallest absolute Gasteiger partial charge is 0.317 e. The molecule has 110 valence electrons. The van der Waals surface area contributed by atoms with Gasteiger partial charge in [0.15, 0.2) is 5.75 Å². The summed E-state index contributed by atoms with van der Waals surface area (Å²) in [6.45, 7) is 0.697. The van der Waals surface area contributed by atoms with E-state index >= 15 is 0 Å². The number of benzene rings is 1. The molecule has 20 heavy (non-hydrogen) atoms. The number of hydrogen-bond donors (Lipinski definition) is 2. The Balaban J connectivity index is 3.52. The molecule has 9 nitrogen and oxygen atoms in total. The fraction of sp³-hybridized carbons (Fsp3) is 0.455. The second-order valence-corrected chi connectivity index (χ2v) is 3.89. The third-order valence-corrected chi connectivity index (χ3v) is 2.68. The van der Waals surface area contributed by atoms with Gasteiger partial charge < -0.3 is 14.9 Å². The van der Waals surface area contributed by atoms with Gasteiger partial charge in [-0.1, -0.05) is 0 Å². The van der Waals surface area contributed by atoms with Crippen molar-refractivity contribution in [1.29, 1.82) is 0 Å². The van der Waals surface area contributed by atoms with Gasteiger partial charge in [0.05, 0.1) is 35.7 Å².